The molecule has 3 heterocycles. The number of carbonyl (C=O) groups excluding carboxylic acids is 2. The molecule has 0 spiro atoms. The molecule has 2 aromatic rings. The van der Waals surface area contributed by atoms with Crippen molar-refractivity contribution >= 4 is 23.0 Å². The number of ether oxygens (including phenoxy) is 1. The van der Waals surface area contributed by atoms with Gasteiger partial charge in [-0.2, -0.15) is 0 Å². The second kappa shape index (κ2) is 6.84. The summed E-state index contributed by atoms with van der Waals surface area (Å²) in [5.41, 5.74) is 3.04. The van der Waals surface area contributed by atoms with Crippen molar-refractivity contribution in [3.8, 4) is 0 Å². The van der Waals surface area contributed by atoms with E-state index in [1.54, 1.807) is 6.20 Å². The number of aromatic amines is 1. The number of hydrogen-bond acceptors (Lipinski definition) is 4. The van der Waals surface area contributed by atoms with Crippen LogP contribution in [0.5, 0.6) is 0 Å². The first kappa shape index (κ1) is 17.6. The first-order chi connectivity index (χ1) is 13.6. The van der Waals surface area contributed by atoms with E-state index < -0.39 is 6.04 Å². The molecule has 2 N–H and O–H groups in total. The highest BCUT2D eigenvalue weighted by Gasteiger charge is 2.40. The average Bonchev–Trinajstić information content (AvgIpc) is 3.63. The Morgan fingerprint density at radius 3 is 2.71 bits per heavy atom. The molecule has 1 unspecified atom stereocenters. The smallest absolute Gasteiger partial charge is 0.306 e. The van der Waals surface area contributed by atoms with E-state index in [9.17, 15) is 9.59 Å². The number of aromatic nitrogens is 3. The van der Waals surface area contributed by atoms with Gasteiger partial charge in [0, 0.05) is 19.0 Å². The van der Waals surface area contributed by atoms with Crippen molar-refractivity contribution in [2.24, 2.45) is 13.0 Å². The minimum absolute atomic E-state index is 0.0103. The number of carbonyl (C=O) groups is 2. The second-order valence-corrected chi connectivity index (χ2v) is 8.18. The van der Waals surface area contributed by atoms with E-state index in [0.717, 1.165) is 37.0 Å². The largest absolute Gasteiger partial charge is 0.378 e. The Hall–Kier alpha value is -2.48. The Balaban J connectivity index is 1.40. The SMILES string of the molecule is C[n+]1cc(C2CC2)nc2c(C(=O)NC(C(=O)N3CCOCC3)C3CC3)c[nH]c21. The molecule has 1 atom stereocenters. The molecule has 2 saturated carbocycles. The molecule has 8 nitrogen and oxygen atoms in total. The fourth-order valence-corrected chi connectivity index (χ4v) is 3.97. The van der Waals surface area contributed by atoms with Crippen molar-refractivity contribution < 1.29 is 18.9 Å². The summed E-state index contributed by atoms with van der Waals surface area (Å²) in [6.45, 7) is 2.30. The van der Waals surface area contributed by atoms with Gasteiger partial charge in [0.25, 0.3) is 5.91 Å². The molecule has 0 bridgehead atoms. The van der Waals surface area contributed by atoms with Crippen molar-refractivity contribution in [1.82, 2.24) is 20.2 Å². The summed E-state index contributed by atoms with van der Waals surface area (Å²) in [6, 6.07) is -0.462. The van der Waals surface area contributed by atoms with Gasteiger partial charge in [-0.1, -0.05) is 0 Å². The summed E-state index contributed by atoms with van der Waals surface area (Å²) in [7, 11) is 1.96. The van der Waals surface area contributed by atoms with Gasteiger partial charge >= 0.3 is 5.65 Å². The second-order valence-electron chi connectivity index (χ2n) is 8.18. The molecule has 0 radical (unpaired) electrons. The van der Waals surface area contributed by atoms with Crippen LogP contribution >= 0.6 is 0 Å². The number of H-pyrrole nitrogens is 1. The van der Waals surface area contributed by atoms with Crippen LogP contribution in [0.15, 0.2) is 12.4 Å². The van der Waals surface area contributed by atoms with E-state index in [1.165, 1.54) is 0 Å². The van der Waals surface area contributed by atoms with Crippen LogP contribution in [0, 0.1) is 5.92 Å². The molecular formula is C20H26N5O3+. The van der Waals surface area contributed by atoms with E-state index >= 15 is 0 Å². The minimum Gasteiger partial charge on any atom is -0.378 e. The molecule has 0 aromatic carbocycles. The fraction of sp³-hybridized carbons (Fsp3) is 0.600. The number of nitrogens with one attached hydrogen (secondary N) is 2. The maximum atomic E-state index is 13.1. The molecule has 5 rings (SSSR count). The van der Waals surface area contributed by atoms with E-state index in [4.69, 9.17) is 9.72 Å². The molecule has 3 fully saturated rings. The molecule has 8 heteroatoms. The number of fused-ring (bicyclic) bond motifs is 1. The van der Waals surface area contributed by atoms with E-state index in [2.05, 4.69) is 10.3 Å². The van der Waals surface area contributed by atoms with Crippen molar-refractivity contribution in [2.75, 3.05) is 26.3 Å². The quantitative estimate of drug-likeness (QED) is 0.740. The lowest BCUT2D eigenvalue weighted by Gasteiger charge is -2.30. The fourth-order valence-electron chi connectivity index (χ4n) is 3.97. The molecule has 2 aliphatic carbocycles. The summed E-state index contributed by atoms with van der Waals surface area (Å²) in [6.07, 6.45) is 8.01. The Morgan fingerprint density at radius 2 is 2.04 bits per heavy atom. The third kappa shape index (κ3) is 3.26. The summed E-state index contributed by atoms with van der Waals surface area (Å²) < 4.78 is 7.33. The average molecular weight is 384 g/mol. The van der Waals surface area contributed by atoms with Gasteiger partial charge in [-0.05, 0) is 31.6 Å². The molecule has 1 aliphatic heterocycles. The third-order valence-electron chi connectivity index (χ3n) is 5.96. The Kier molecular flexibility index (Phi) is 4.30. The van der Waals surface area contributed by atoms with Gasteiger partial charge in [0.05, 0.1) is 26.0 Å². The van der Waals surface area contributed by atoms with Gasteiger partial charge < -0.3 is 15.0 Å². The highest BCUT2D eigenvalue weighted by atomic mass is 16.5. The zero-order valence-corrected chi connectivity index (χ0v) is 16.1. The normalized spacial score (nSPS) is 21.0. The molecule has 148 valence electrons. The third-order valence-corrected chi connectivity index (χ3v) is 5.96. The maximum Gasteiger partial charge on any atom is 0.306 e. The summed E-state index contributed by atoms with van der Waals surface area (Å²) in [5, 5.41) is 3.01. The zero-order chi connectivity index (χ0) is 19.3. The molecule has 1 saturated heterocycles. The van der Waals surface area contributed by atoms with Crippen molar-refractivity contribution in [3.63, 3.8) is 0 Å². The lowest BCUT2D eigenvalue weighted by atomic mass is 10.1. The number of nitrogens with zero attached hydrogens (tertiary/aromatic N) is 3. The van der Waals surface area contributed by atoms with Gasteiger partial charge in [0.2, 0.25) is 5.91 Å². The summed E-state index contributed by atoms with van der Waals surface area (Å²) >= 11 is 0. The highest BCUT2D eigenvalue weighted by molar-refractivity contribution is 6.05. The zero-order valence-electron chi connectivity index (χ0n) is 16.1. The number of morpholine rings is 1. The Bertz CT molecular complexity index is 925. The van der Waals surface area contributed by atoms with Crippen LogP contribution in [-0.4, -0.2) is 59.0 Å². The number of aryl methyl sites for hydroxylation is 1. The first-order valence-electron chi connectivity index (χ1n) is 10.2. The minimum atomic E-state index is -0.462. The standard InChI is InChI=1S/C20H25N5O3/c1-24-11-15(12-2-3-12)22-17-14(10-21-18(17)24)19(26)23-16(13-4-5-13)20(27)25-6-8-28-9-7-25/h10-13,16H,2-9H2,1H3,(H,23,26)/p+1. The lowest BCUT2D eigenvalue weighted by Crippen LogP contribution is -2.52. The summed E-state index contributed by atoms with van der Waals surface area (Å²) in [5.74, 6) is 0.514. The topological polar surface area (TPSA) is 91.2 Å². The Morgan fingerprint density at radius 1 is 1.29 bits per heavy atom. The molecule has 3 aliphatic rings. The molecule has 2 amide bonds. The van der Waals surface area contributed by atoms with Crippen LogP contribution < -0.4 is 9.88 Å². The maximum absolute atomic E-state index is 13.1. The molecule has 2 aromatic heterocycles. The van der Waals surface area contributed by atoms with E-state index in [1.807, 2.05) is 22.7 Å². The lowest BCUT2D eigenvalue weighted by molar-refractivity contribution is -0.647. The van der Waals surface area contributed by atoms with Crippen LogP contribution in [0.25, 0.3) is 11.2 Å². The monoisotopic (exact) mass is 384 g/mol. The van der Waals surface area contributed by atoms with E-state index in [-0.39, 0.29) is 17.7 Å². The molecule has 28 heavy (non-hydrogen) atoms. The van der Waals surface area contributed by atoms with Gasteiger partial charge in [-0.25, -0.2) is 14.5 Å². The predicted molar refractivity (Wildman–Crippen MR) is 101 cm³/mol. The first-order valence-corrected chi connectivity index (χ1v) is 10.2. The van der Waals surface area contributed by atoms with Crippen LogP contribution in [0.3, 0.4) is 0 Å². The highest BCUT2D eigenvalue weighted by Crippen LogP contribution is 2.39. The summed E-state index contributed by atoms with van der Waals surface area (Å²) in [4.78, 5) is 35.8. The van der Waals surface area contributed by atoms with Gasteiger partial charge in [0.1, 0.15) is 24.0 Å². The number of rotatable bonds is 5. The van der Waals surface area contributed by atoms with Crippen LogP contribution in [-0.2, 0) is 16.6 Å². The Labute approximate surface area is 163 Å². The van der Waals surface area contributed by atoms with Crippen LogP contribution in [0.2, 0.25) is 0 Å². The van der Waals surface area contributed by atoms with Crippen LogP contribution in [0.4, 0.5) is 0 Å². The van der Waals surface area contributed by atoms with Gasteiger partial charge in [0.15, 0.2) is 5.52 Å². The molecular weight excluding hydrogens is 358 g/mol. The van der Waals surface area contributed by atoms with Crippen molar-refractivity contribution in [3.05, 3.63) is 23.7 Å². The van der Waals surface area contributed by atoms with Crippen molar-refractivity contribution in [1.29, 1.82) is 0 Å². The van der Waals surface area contributed by atoms with Gasteiger partial charge in [-0.3, -0.25) is 9.59 Å². The number of amides is 2. The number of hydrogen-bond donors (Lipinski definition) is 2. The predicted octanol–water partition coefficient (Wildman–Crippen LogP) is 0.632. The van der Waals surface area contributed by atoms with Crippen molar-refractivity contribution in [2.45, 2.75) is 37.6 Å². The van der Waals surface area contributed by atoms with Gasteiger partial charge in [-0.15, -0.1) is 0 Å². The van der Waals surface area contributed by atoms with E-state index in [0.29, 0.717) is 43.3 Å². The van der Waals surface area contributed by atoms with Crippen LogP contribution in [0.1, 0.15) is 47.7 Å².